The van der Waals surface area contributed by atoms with Crippen molar-refractivity contribution in [1.82, 2.24) is 9.47 Å². The number of anilines is 1. The topological polar surface area (TPSA) is 65.2 Å². The number of benzene rings is 2. The first kappa shape index (κ1) is 20.4. The molecule has 1 saturated heterocycles. The van der Waals surface area contributed by atoms with Gasteiger partial charge in [0.1, 0.15) is 5.82 Å². The molecule has 0 spiro atoms. The second kappa shape index (κ2) is 8.89. The highest BCUT2D eigenvalue weighted by Gasteiger charge is 2.20. The summed E-state index contributed by atoms with van der Waals surface area (Å²) in [5.74, 6) is -0.433. The molecule has 1 aromatic heterocycles. The maximum atomic E-state index is 13.9. The van der Waals surface area contributed by atoms with E-state index in [0.29, 0.717) is 17.6 Å². The molecule has 2 N–H and O–H groups in total. The predicted octanol–water partition coefficient (Wildman–Crippen LogP) is 5.72. The average Bonchev–Trinajstić information content (AvgIpc) is 2.99. The monoisotopic (exact) mass is 425 g/mol. The van der Waals surface area contributed by atoms with Gasteiger partial charge in [0.15, 0.2) is 5.69 Å². The van der Waals surface area contributed by atoms with Crippen molar-refractivity contribution >= 4 is 39.6 Å². The molecule has 4 rings (SSSR count). The van der Waals surface area contributed by atoms with E-state index in [1.54, 1.807) is 10.6 Å². The lowest BCUT2D eigenvalue weighted by Crippen LogP contribution is -2.31. The minimum absolute atomic E-state index is 0.0388. The van der Waals surface area contributed by atoms with Crippen LogP contribution in [0.5, 0.6) is 5.88 Å². The van der Waals surface area contributed by atoms with Gasteiger partial charge in [-0.15, -0.1) is 10.2 Å². The number of thiocarbonyl (C=S) groups is 1. The Labute approximate surface area is 180 Å². The number of halogens is 1. The van der Waals surface area contributed by atoms with Crippen LogP contribution in [0.1, 0.15) is 24.8 Å². The Bertz CT molecular complexity index is 1090. The van der Waals surface area contributed by atoms with Crippen molar-refractivity contribution in [2.75, 3.05) is 18.4 Å². The first-order chi connectivity index (χ1) is 14.5. The molecule has 0 atom stereocenters. The molecule has 1 aliphatic rings. The fourth-order valence-electron chi connectivity index (χ4n) is 3.72. The third-order valence-electron chi connectivity index (χ3n) is 5.31. The molecule has 8 heteroatoms. The Morgan fingerprint density at radius 3 is 2.60 bits per heavy atom. The average molecular weight is 426 g/mol. The van der Waals surface area contributed by atoms with E-state index in [0.717, 1.165) is 37.2 Å². The second-order valence-corrected chi connectivity index (χ2v) is 7.96. The first-order valence-electron chi connectivity index (χ1n) is 10.0. The van der Waals surface area contributed by atoms with Gasteiger partial charge in [0, 0.05) is 11.1 Å². The Hall–Kier alpha value is -2.84. The summed E-state index contributed by atoms with van der Waals surface area (Å²) < 4.78 is 15.7. The van der Waals surface area contributed by atoms with Crippen molar-refractivity contribution in [3.8, 4) is 5.88 Å². The van der Waals surface area contributed by atoms with E-state index in [-0.39, 0.29) is 16.7 Å². The molecule has 1 fully saturated rings. The Morgan fingerprint density at radius 2 is 1.87 bits per heavy atom. The van der Waals surface area contributed by atoms with Gasteiger partial charge in [-0.2, -0.15) is 0 Å². The molecular formula is C22H24FN5OS. The van der Waals surface area contributed by atoms with Gasteiger partial charge < -0.3 is 10.4 Å². The Balaban J connectivity index is 1.61. The normalized spacial score (nSPS) is 15.1. The fourth-order valence-corrected chi connectivity index (χ4v) is 3.88. The zero-order valence-corrected chi connectivity index (χ0v) is 17.6. The summed E-state index contributed by atoms with van der Waals surface area (Å²) in [5.41, 5.74) is 2.87. The summed E-state index contributed by atoms with van der Waals surface area (Å²) in [5, 5.41) is 22.7. The largest absolute Gasteiger partial charge is 0.493 e. The number of rotatable bonds is 4. The molecule has 1 aliphatic heterocycles. The highest BCUT2D eigenvalue weighted by atomic mass is 32.1. The minimum Gasteiger partial charge on any atom is -0.493 e. The number of likely N-dealkylation sites (tertiary alicyclic amines) is 1. The number of nitrogens with zero attached hydrogens (tertiary/aromatic N) is 4. The van der Waals surface area contributed by atoms with Crippen LogP contribution in [0.2, 0.25) is 0 Å². The van der Waals surface area contributed by atoms with E-state index in [9.17, 15) is 9.50 Å². The van der Waals surface area contributed by atoms with Crippen LogP contribution < -0.4 is 5.32 Å². The number of fused-ring (bicyclic) bond motifs is 1. The summed E-state index contributed by atoms with van der Waals surface area (Å²) in [6.07, 6.45) is 3.51. The lowest BCUT2D eigenvalue weighted by molar-refractivity contribution is 0.178. The van der Waals surface area contributed by atoms with Crippen LogP contribution in [0, 0.1) is 12.7 Å². The molecule has 156 valence electrons. The maximum Gasteiger partial charge on any atom is 0.221 e. The highest BCUT2D eigenvalue weighted by molar-refractivity contribution is 7.80. The molecule has 0 saturated carbocycles. The number of hydrogen-bond donors (Lipinski definition) is 2. The number of aromatic hydroxyl groups is 1. The van der Waals surface area contributed by atoms with Crippen LogP contribution in [0.15, 0.2) is 52.7 Å². The van der Waals surface area contributed by atoms with Gasteiger partial charge >= 0.3 is 0 Å². The molecule has 0 aliphatic carbocycles. The second-order valence-electron chi connectivity index (χ2n) is 7.58. The molecular weight excluding hydrogens is 401 g/mol. The van der Waals surface area contributed by atoms with E-state index >= 15 is 0 Å². The number of aromatic nitrogens is 1. The Morgan fingerprint density at radius 1 is 1.13 bits per heavy atom. The van der Waals surface area contributed by atoms with Crippen molar-refractivity contribution in [3.63, 3.8) is 0 Å². The number of piperidine rings is 1. The number of nitrogens with one attached hydrogen (secondary N) is 1. The number of hydrogen-bond acceptors (Lipinski definition) is 4. The van der Waals surface area contributed by atoms with Crippen molar-refractivity contribution in [2.24, 2.45) is 10.2 Å². The van der Waals surface area contributed by atoms with Crippen LogP contribution in [0.3, 0.4) is 0 Å². The van der Waals surface area contributed by atoms with Gasteiger partial charge in [-0.25, -0.2) is 4.39 Å². The summed E-state index contributed by atoms with van der Waals surface area (Å²) in [7, 11) is 0. The van der Waals surface area contributed by atoms with E-state index < -0.39 is 5.82 Å². The summed E-state index contributed by atoms with van der Waals surface area (Å²) in [6, 6.07) is 12.1. The van der Waals surface area contributed by atoms with E-state index in [1.807, 2.05) is 31.2 Å². The molecule has 0 bridgehead atoms. The van der Waals surface area contributed by atoms with Crippen LogP contribution >= 0.6 is 12.2 Å². The minimum atomic E-state index is -0.394. The number of aryl methyl sites for hydroxylation is 1. The molecule has 0 amide bonds. The van der Waals surface area contributed by atoms with E-state index in [2.05, 4.69) is 20.4 Å². The third-order valence-corrected chi connectivity index (χ3v) is 5.49. The van der Waals surface area contributed by atoms with Gasteiger partial charge in [-0.3, -0.25) is 9.47 Å². The van der Waals surface area contributed by atoms with E-state index in [4.69, 9.17) is 12.2 Å². The summed E-state index contributed by atoms with van der Waals surface area (Å²) in [6.45, 7) is 4.47. The van der Waals surface area contributed by atoms with Crippen LogP contribution in [0.4, 0.5) is 15.8 Å². The predicted molar refractivity (Wildman–Crippen MR) is 121 cm³/mol. The van der Waals surface area contributed by atoms with Crippen LogP contribution in [-0.2, 0) is 6.67 Å². The first-order valence-corrected chi connectivity index (χ1v) is 10.4. The fraction of sp³-hybridized carbons (Fsp3) is 0.318. The smallest absolute Gasteiger partial charge is 0.221 e. The SMILES string of the molecule is Cc1ccc(NC(=S)N=Nc2c(O)n(CN3CCCCC3)c3ccc(F)cc23)cc1. The van der Waals surface area contributed by atoms with Gasteiger partial charge in [-0.1, -0.05) is 24.1 Å². The quantitative estimate of drug-likeness (QED) is 0.415. The van der Waals surface area contributed by atoms with Crippen LogP contribution in [-0.4, -0.2) is 32.8 Å². The van der Waals surface area contributed by atoms with Gasteiger partial charge in [-0.05, 0) is 75.4 Å². The van der Waals surface area contributed by atoms with Crippen molar-refractivity contribution in [1.29, 1.82) is 0 Å². The van der Waals surface area contributed by atoms with Crippen LogP contribution in [0.25, 0.3) is 10.9 Å². The number of azo groups is 1. The summed E-state index contributed by atoms with van der Waals surface area (Å²) >= 11 is 5.26. The molecule has 3 aromatic rings. The highest BCUT2D eigenvalue weighted by Crippen LogP contribution is 2.39. The lowest BCUT2D eigenvalue weighted by atomic mass is 10.1. The molecule has 0 unspecified atom stereocenters. The zero-order valence-electron chi connectivity index (χ0n) is 16.8. The van der Waals surface area contributed by atoms with Gasteiger partial charge in [0.25, 0.3) is 0 Å². The Kier molecular flexibility index (Phi) is 6.06. The lowest BCUT2D eigenvalue weighted by Gasteiger charge is -2.27. The molecule has 0 radical (unpaired) electrons. The van der Waals surface area contributed by atoms with Crippen molar-refractivity contribution in [2.45, 2.75) is 32.9 Å². The van der Waals surface area contributed by atoms with Crippen molar-refractivity contribution in [3.05, 3.63) is 53.8 Å². The molecule has 2 heterocycles. The maximum absolute atomic E-state index is 13.9. The standard InChI is InChI=1S/C22H24FN5OS/c1-15-5-8-17(9-6-15)24-22(30)26-25-20-18-13-16(23)7-10-19(18)28(21(20)29)14-27-11-3-2-4-12-27/h5-10,13,29H,2-4,11-12,14H2,1H3,(H,24,30). The molecule has 30 heavy (non-hydrogen) atoms. The zero-order chi connectivity index (χ0) is 21.1. The van der Waals surface area contributed by atoms with Gasteiger partial charge in [0.2, 0.25) is 11.0 Å². The molecule has 2 aromatic carbocycles. The summed E-state index contributed by atoms with van der Waals surface area (Å²) in [4.78, 5) is 2.27. The molecule has 6 nitrogen and oxygen atoms in total. The van der Waals surface area contributed by atoms with Gasteiger partial charge in [0.05, 0.1) is 12.2 Å². The van der Waals surface area contributed by atoms with E-state index in [1.165, 1.54) is 18.6 Å². The third kappa shape index (κ3) is 4.49. The van der Waals surface area contributed by atoms with Crippen molar-refractivity contribution < 1.29 is 9.50 Å².